The van der Waals surface area contributed by atoms with E-state index in [1.807, 2.05) is 0 Å². The van der Waals surface area contributed by atoms with E-state index in [1.54, 1.807) is 0 Å². The number of nitrogens with one attached hydrogen (secondary N) is 2. The Kier molecular flexibility index (Phi) is 6.02. The summed E-state index contributed by atoms with van der Waals surface area (Å²) in [5.41, 5.74) is 1.39. The van der Waals surface area contributed by atoms with E-state index in [2.05, 4.69) is 45.9 Å². The number of morpholine rings is 1. The minimum atomic E-state index is -0.320. The SMILES string of the molecule is O=C(NCC1CCN(CCc2ccccc2)C1)C1CNCCO1. The standard InChI is InChI=1S/C18H27N3O2/c22-18(17-13-19-8-11-23-17)20-12-16-7-10-21(14-16)9-6-15-4-2-1-3-5-15/h1-5,16-17,19H,6-14H2,(H,20,22). The van der Waals surface area contributed by atoms with Crippen LogP contribution in [0.2, 0.25) is 0 Å². The third-order valence-corrected chi connectivity index (χ3v) is 4.71. The second kappa shape index (κ2) is 8.43. The molecule has 0 bridgehead atoms. The van der Waals surface area contributed by atoms with Gasteiger partial charge in [-0.2, -0.15) is 0 Å². The van der Waals surface area contributed by atoms with Gasteiger partial charge in [0.15, 0.2) is 0 Å². The maximum Gasteiger partial charge on any atom is 0.250 e. The largest absolute Gasteiger partial charge is 0.366 e. The Morgan fingerprint density at radius 3 is 3.00 bits per heavy atom. The number of benzene rings is 1. The summed E-state index contributed by atoms with van der Waals surface area (Å²) in [7, 11) is 0. The van der Waals surface area contributed by atoms with Gasteiger partial charge in [-0.25, -0.2) is 0 Å². The minimum Gasteiger partial charge on any atom is -0.366 e. The third kappa shape index (κ3) is 5.03. The molecule has 2 unspecified atom stereocenters. The first kappa shape index (κ1) is 16.4. The van der Waals surface area contributed by atoms with E-state index in [0.29, 0.717) is 19.1 Å². The molecule has 0 spiro atoms. The van der Waals surface area contributed by atoms with Crippen LogP contribution in [0.15, 0.2) is 30.3 Å². The van der Waals surface area contributed by atoms with Gasteiger partial charge in [0.1, 0.15) is 6.10 Å². The van der Waals surface area contributed by atoms with Gasteiger partial charge in [0.2, 0.25) is 5.91 Å². The quantitative estimate of drug-likeness (QED) is 0.809. The van der Waals surface area contributed by atoms with Crippen molar-refractivity contribution in [2.75, 3.05) is 45.9 Å². The van der Waals surface area contributed by atoms with E-state index in [9.17, 15) is 4.79 Å². The number of carbonyl (C=O) groups excluding carboxylic acids is 1. The summed E-state index contributed by atoms with van der Waals surface area (Å²) in [5.74, 6) is 0.589. The Bertz CT molecular complexity index is 488. The van der Waals surface area contributed by atoms with Crippen molar-refractivity contribution >= 4 is 5.91 Å². The van der Waals surface area contributed by atoms with Gasteiger partial charge in [0.05, 0.1) is 6.61 Å². The fourth-order valence-electron chi connectivity index (χ4n) is 3.31. The van der Waals surface area contributed by atoms with Crippen LogP contribution < -0.4 is 10.6 Å². The Morgan fingerprint density at radius 2 is 2.22 bits per heavy atom. The van der Waals surface area contributed by atoms with Crippen LogP contribution in [0.5, 0.6) is 0 Å². The molecule has 0 radical (unpaired) electrons. The molecule has 1 amide bonds. The van der Waals surface area contributed by atoms with Gasteiger partial charge in [-0.15, -0.1) is 0 Å². The van der Waals surface area contributed by atoms with E-state index >= 15 is 0 Å². The first-order chi connectivity index (χ1) is 11.3. The van der Waals surface area contributed by atoms with Crippen LogP contribution in [0.25, 0.3) is 0 Å². The average Bonchev–Trinajstić information content (AvgIpc) is 3.07. The van der Waals surface area contributed by atoms with Crippen molar-refractivity contribution in [1.29, 1.82) is 0 Å². The molecule has 23 heavy (non-hydrogen) atoms. The summed E-state index contributed by atoms with van der Waals surface area (Å²) in [6.07, 6.45) is 1.94. The average molecular weight is 317 g/mol. The van der Waals surface area contributed by atoms with Crippen molar-refractivity contribution in [1.82, 2.24) is 15.5 Å². The molecule has 1 aromatic carbocycles. The van der Waals surface area contributed by atoms with Crippen molar-refractivity contribution in [2.24, 2.45) is 5.92 Å². The van der Waals surface area contributed by atoms with Gasteiger partial charge in [-0.05, 0) is 30.9 Å². The number of hydrogen-bond donors (Lipinski definition) is 2. The maximum atomic E-state index is 12.1. The van der Waals surface area contributed by atoms with Crippen LogP contribution in [0.4, 0.5) is 0 Å². The Morgan fingerprint density at radius 1 is 1.35 bits per heavy atom. The molecule has 3 rings (SSSR count). The molecule has 2 aliphatic rings. The zero-order valence-electron chi connectivity index (χ0n) is 13.7. The van der Waals surface area contributed by atoms with Crippen molar-refractivity contribution < 1.29 is 9.53 Å². The van der Waals surface area contributed by atoms with Crippen LogP contribution in [0.3, 0.4) is 0 Å². The number of carbonyl (C=O) groups is 1. The molecule has 0 aliphatic carbocycles. The Hall–Kier alpha value is -1.43. The Balaban J connectivity index is 1.34. The fourth-order valence-corrected chi connectivity index (χ4v) is 3.31. The fraction of sp³-hybridized carbons (Fsp3) is 0.611. The van der Waals surface area contributed by atoms with E-state index < -0.39 is 0 Å². The van der Waals surface area contributed by atoms with Crippen molar-refractivity contribution in [3.05, 3.63) is 35.9 Å². The van der Waals surface area contributed by atoms with Crippen LogP contribution in [-0.4, -0.2) is 62.8 Å². The first-order valence-corrected chi connectivity index (χ1v) is 8.67. The predicted octanol–water partition coefficient (Wildman–Crippen LogP) is 0.656. The highest BCUT2D eigenvalue weighted by Crippen LogP contribution is 2.16. The number of rotatable bonds is 6. The van der Waals surface area contributed by atoms with E-state index in [-0.39, 0.29) is 12.0 Å². The number of hydrogen-bond acceptors (Lipinski definition) is 4. The second-order valence-corrected chi connectivity index (χ2v) is 6.50. The number of nitrogens with zero attached hydrogens (tertiary/aromatic N) is 1. The lowest BCUT2D eigenvalue weighted by molar-refractivity contribution is -0.134. The summed E-state index contributed by atoms with van der Waals surface area (Å²) < 4.78 is 5.48. The van der Waals surface area contributed by atoms with Crippen LogP contribution in [-0.2, 0) is 16.0 Å². The summed E-state index contributed by atoms with van der Waals surface area (Å²) in [4.78, 5) is 14.6. The lowest BCUT2D eigenvalue weighted by Crippen LogP contribution is -2.48. The van der Waals surface area contributed by atoms with Gasteiger partial charge in [0.25, 0.3) is 0 Å². The van der Waals surface area contributed by atoms with E-state index in [0.717, 1.165) is 39.1 Å². The molecule has 126 valence electrons. The van der Waals surface area contributed by atoms with E-state index in [4.69, 9.17) is 4.74 Å². The monoisotopic (exact) mass is 317 g/mol. The summed E-state index contributed by atoms with van der Waals surface area (Å²) in [5, 5.41) is 6.25. The molecule has 2 saturated heterocycles. The molecule has 2 fully saturated rings. The van der Waals surface area contributed by atoms with Crippen LogP contribution in [0.1, 0.15) is 12.0 Å². The lowest BCUT2D eigenvalue weighted by Gasteiger charge is -2.23. The highest BCUT2D eigenvalue weighted by atomic mass is 16.5. The van der Waals surface area contributed by atoms with Crippen LogP contribution in [0, 0.1) is 5.92 Å². The number of likely N-dealkylation sites (tertiary alicyclic amines) is 1. The molecule has 5 nitrogen and oxygen atoms in total. The van der Waals surface area contributed by atoms with Gasteiger partial charge in [0, 0.05) is 32.7 Å². The number of amides is 1. The van der Waals surface area contributed by atoms with Crippen LogP contribution >= 0.6 is 0 Å². The van der Waals surface area contributed by atoms with Gasteiger partial charge in [-0.1, -0.05) is 30.3 Å². The van der Waals surface area contributed by atoms with Crippen molar-refractivity contribution in [3.63, 3.8) is 0 Å². The Labute approximate surface area is 138 Å². The zero-order valence-corrected chi connectivity index (χ0v) is 13.7. The normalized spacial score (nSPS) is 25.4. The highest BCUT2D eigenvalue weighted by Gasteiger charge is 2.25. The maximum absolute atomic E-state index is 12.1. The lowest BCUT2D eigenvalue weighted by atomic mass is 10.1. The number of ether oxygens (including phenoxy) is 1. The molecule has 2 N–H and O–H groups in total. The topological polar surface area (TPSA) is 53.6 Å². The molecular weight excluding hydrogens is 290 g/mol. The molecule has 2 heterocycles. The molecule has 0 aromatic heterocycles. The van der Waals surface area contributed by atoms with Gasteiger partial charge in [-0.3, -0.25) is 4.79 Å². The molecule has 5 heteroatoms. The minimum absolute atomic E-state index is 0.0277. The summed E-state index contributed by atoms with van der Waals surface area (Å²) in [6, 6.07) is 10.6. The van der Waals surface area contributed by atoms with Crippen molar-refractivity contribution in [3.8, 4) is 0 Å². The smallest absolute Gasteiger partial charge is 0.250 e. The molecule has 0 saturated carbocycles. The molecular formula is C18H27N3O2. The van der Waals surface area contributed by atoms with E-state index in [1.165, 1.54) is 12.0 Å². The molecule has 2 aliphatic heterocycles. The summed E-state index contributed by atoms with van der Waals surface area (Å²) >= 11 is 0. The molecule has 1 aromatic rings. The predicted molar refractivity (Wildman–Crippen MR) is 90.3 cm³/mol. The second-order valence-electron chi connectivity index (χ2n) is 6.50. The highest BCUT2D eigenvalue weighted by molar-refractivity contribution is 5.81. The van der Waals surface area contributed by atoms with Gasteiger partial charge >= 0.3 is 0 Å². The van der Waals surface area contributed by atoms with Gasteiger partial charge < -0.3 is 20.3 Å². The molecule has 2 atom stereocenters. The first-order valence-electron chi connectivity index (χ1n) is 8.67. The third-order valence-electron chi connectivity index (χ3n) is 4.71. The summed E-state index contributed by atoms with van der Waals surface area (Å²) in [6.45, 7) is 6.16. The van der Waals surface area contributed by atoms with Crippen molar-refractivity contribution in [2.45, 2.75) is 18.9 Å². The zero-order chi connectivity index (χ0) is 15.9.